The zero-order chi connectivity index (χ0) is 25.8. The van der Waals surface area contributed by atoms with E-state index in [0.717, 1.165) is 6.07 Å². The van der Waals surface area contributed by atoms with Crippen LogP contribution in [0.5, 0.6) is 0 Å². The van der Waals surface area contributed by atoms with Crippen molar-refractivity contribution in [1.29, 1.82) is 0 Å². The Hall–Kier alpha value is -3.86. The molecule has 1 aliphatic rings. The van der Waals surface area contributed by atoms with E-state index in [4.69, 9.17) is 4.74 Å². The van der Waals surface area contributed by atoms with Crippen LogP contribution in [0.4, 0.5) is 23.4 Å². The molecular weight excluding hydrogens is 478 g/mol. The lowest BCUT2D eigenvalue weighted by atomic mass is 10.1. The maximum absolute atomic E-state index is 14.8. The first-order chi connectivity index (χ1) is 17.0. The third kappa shape index (κ3) is 4.30. The predicted molar refractivity (Wildman–Crippen MR) is 125 cm³/mol. The molecule has 0 bridgehead atoms. The summed E-state index contributed by atoms with van der Waals surface area (Å²) in [6.07, 6.45) is -3.04. The average Bonchev–Trinajstić information content (AvgIpc) is 2.81. The first kappa shape index (κ1) is 23.9. The fourth-order valence-corrected chi connectivity index (χ4v) is 4.28. The standard InChI is InChI=1S/C25H21F4N5O2/c1-13-8-15(6-7-30-13)20-11-34(12-25(28,29)36-20)21-10-18-23(31-14(2)33(3)24(18)35)22(32-21)17-5-4-16(26)9-19(17)27/h4-10,20H,11-12H2,1-3H3. The summed E-state index contributed by atoms with van der Waals surface area (Å²) in [6.45, 7) is 2.49. The van der Waals surface area contributed by atoms with Gasteiger partial charge in [0.05, 0.1) is 11.9 Å². The Kier molecular flexibility index (Phi) is 5.74. The smallest absolute Gasteiger partial charge is 0.345 e. The van der Waals surface area contributed by atoms with Gasteiger partial charge in [0.1, 0.15) is 47.1 Å². The SMILES string of the molecule is Cc1cc(C2CN(c3cc4c(=O)n(C)c(C)nc4c(-c4ccc(F)cc4F)n3)CC(F)(F)O2)ccn1. The summed E-state index contributed by atoms with van der Waals surface area (Å²) in [5.74, 6) is -1.35. The van der Waals surface area contributed by atoms with Gasteiger partial charge in [0.15, 0.2) is 0 Å². The molecule has 4 aromatic rings. The molecule has 0 spiro atoms. The van der Waals surface area contributed by atoms with Gasteiger partial charge in [-0.1, -0.05) is 0 Å². The molecule has 1 fully saturated rings. The molecular formula is C25H21F4N5O2. The van der Waals surface area contributed by atoms with Gasteiger partial charge in [0, 0.05) is 30.6 Å². The van der Waals surface area contributed by atoms with Crippen LogP contribution in [0.2, 0.25) is 0 Å². The van der Waals surface area contributed by atoms with Crippen LogP contribution >= 0.6 is 0 Å². The average molecular weight is 499 g/mol. The van der Waals surface area contributed by atoms with E-state index in [-0.39, 0.29) is 34.5 Å². The highest BCUT2D eigenvalue weighted by Gasteiger charge is 2.43. The zero-order valence-electron chi connectivity index (χ0n) is 19.6. The van der Waals surface area contributed by atoms with Crippen molar-refractivity contribution in [2.45, 2.75) is 26.1 Å². The number of aromatic nitrogens is 4. The lowest BCUT2D eigenvalue weighted by Crippen LogP contribution is -2.48. The Bertz CT molecular complexity index is 1560. The predicted octanol–water partition coefficient (Wildman–Crippen LogP) is 4.46. The molecule has 4 heterocycles. The number of ether oxygens (including phenoxy) is 1. The van der Waals surface area contributed by atoms with Crippen LogP contribution in [0.25, 0.3) is 22.2 Å². The van der Waals surface area contributed by atoms with Gasteiger partial charge in [0.2, 0.25) is 0 Å². The number of hydrogen-bond donors (Lipinski definition) is 0. The van der Waals surface area contributed by atoms with E-state index in [1.165, 1.54) is 34.8 Å². The Morgan fingerprint density at radius 2 is 1.86 bits per heavy atom. The molecule has 36 heavy (non-hydrogen) atoms. The van der Waals surface area contributed by atoms with Crippen molar-refractivity contribution in [2.24, 2.45) is 7.05 Å². The van der Waals surface area contributed by atoms with Gasteiger partial charge in [-0.15, -0.1) is 0 Å². The second-order valence-corrected chi connectivity index (χ2v) is 8.73. The number of fused-ring (bicyclic) bond motifs is 1. The minimum atomic E-state index is -3.53. The Balaban J connectivity index is 1.70. The molecule has 1 saturated heterocycles. The van der Waals surface area contributed by atoms with E-state index >= 15 is 0 Å². The van der Waals surface area contributed by atoms with Crippen LogP contribution in [0.1, 0.15) is 23.2 Å². The molecule has 0 aliphatic carbocycles. The normalized spacial score (nSPS) is 17.5. The van der Waals surface area contributed by atoms with E-state index in [2.05, 4.69) is 15.0 Å². The fourth-order valence-electron chi connectivity index (χ4n) is 4.28. The Labute approximate surface area is 203 Å². The highest BCUT2D eigenvalue weighted by Crippen LogP contribution is 2.37. The van der Waals surface area contributed by atoms with Crippen molar-refractivity contribution in [1.82, 2.24) is 19.5 Å². The second kappa shape index (κ2) is 8.66. The number of pyridine rings is 2. The summed E-state index contributed by atoms with van der Waals surface area (Å²) in [7, 11) is 1.52. The van der Waals surface area contributed by atoms with Gasteiger partial charge in [-0.05, 0) is 49.7 Å². The van der Waals surface area contributed by atoms with Crippen molar-refractivity contribution in [3.8, 4) is 11.3 Å². The molecule has 1 atom stereocenters. The van der Waals surface area contributed by atoms with Crippen LogP contribution in [-0.2, 0) is 11.8 Å². The van der Waals surface area contributed by atoms with Crippen molar-refractivity contribution in [3.05, 3.63) is 81.7 Å². The van der Waals surface area contributed by atoms with Crippen molar-refractivity contribution >= 4 is 16.7 Å². The summed E-state index contributed by atoms with van der Waals surface area (Å²) in [5, 5.41) is 0.0675. The molecule has 0 saturated carbocycles. The number of hydrogen-bond acceptors (Lipinski definition) is 6. The first-order valence-corrected chi connectivity index (χ1v) is 11.1. The van der Waals surface area contributed by atoms with Crippen molar-refractivity contribution in [3.63, 3.8) is 0 Å². The van der Waals surface area contributed by atoms with Crippen molar-refractivity contribution in [2.75, 3.05) is 18.0 Å². The third-order valence-corrected chi connectivity index (χ3v) is 6.15. The molecule has 7 nitrogen and oxygen atoms in total. The molecule has 5 rings (SSSR count). The molecule has 1 aromatic carbocycles. The number of nitrogens with zero attached hydrogens (tertiary/aromatic N) is 5. The molecule has 11 heteroatoms. The fraction of sp³-hybridized carbons (Fsp3) is 0.280. The lowest BCUT2D eigenvalue weighted by molar-refractivity contribution is -0.269. The van der Waals surface area contributed by atoms with Gasteiger partial charge in [0.25, 0.3) is 5.56 Å². The number of benzene rings is 1. The van der Waals surface area contributed by atoms with Crippen LogP contribution in [0.3, 0.4) is 0 Å². The first-order valence-electron chi connectivity index (χ1n) is 11.1. The number of aryl methyl sites for hydroxylation is 2. The second-order valence-electron chi connectivity index (χ2n) is 8.73. The van der Waals surface area contributed by atoms with Crippen LogP contribution in [0, 0.1) is 25.5 Å². The van der Waals surface area contributed by atoms with Crippen LogP contribution in [0.15, 0.2) is 47.4 Å². The number of alkyl halides is 2. The Morgan fingerprint density at radius 1 is 1.08 bits per heavy atom. The van der Waals surface area contributed by atoms with Gasteiger partial charge >= 0.3 is 6.11 Å². The quantitative estimate of drug-likeness (QED) is 0.388. The molecule has 186 valence electrons. The Morgan fingerprint density at radius 3 is 2.58 bits per heavy atom. The maximum Gasteiger partial charge on any atom is 0.373 e. The summed E-state index contributed by atoms with van der Waals surface area (Å²) in [4.78, 5) is 27.3. The summed E-state index contributed by atoms with van der Waals surface area (Å²) in [5.41, 5.74) is 0.624. The van der Waals surface area contributed by atoms with Gasteiger partial charge in [-0.2, -0.15) is 8.78 Å². The largest absolute Gasteiger partial charge is 0.373 e. The lowest BCUT2D eigenvalue weighted by Gasteiger charge is -2.38. The van der Waals surface area contributed by atoms with Gasteiger partial charge in [-0.3, -0.25) is 14.3 Å². The highest BCUT2D eigenvalue weighted by molar-refractivity contribution is 5.93. The van der Waals surface area contributed by atoms with Gasteiger partial charge < -0.3 is 9.64 Å². The molecule has 0 N–H and O–H groups in total. The van der Waals surface area contributed by atoms with Crippen LogP contribution < -0.4 is 10.5 Å². The number of anilines is 1. The molecule has 0 amide bonds. The minimum absolute atomic E-state index is 0.0114. The van der Waals surface area contributed by atoms with E-state index < -0.39 is 36.0 Å². The van der Waals surface area contributed by atoms with Gasteiger partial charge in [-0.25, -0.2) is 18.7 Å². The zero-order valence-corrected chi connectivity index (χ0v) is 19.6. The number of halogens is 4. The van der Waals surface area contributed by atoms with E-state index in [0.29, 0.717) is 23.1 Å². The van der Waals surface area contributed by atoms with E-state index in [1.807, 2.05) is 0 Å². The highest BCUT2D eigenvalue weighted by atomic mass is 19.3. The maximum atomic E-state index is 14.8. The van der Waals surface area contributed by atoms with Crippen molar-refractivity contribution < 1.29 is 22.3 Å². The summed E-state index contributed by atoms with van der Waals surface area (Å²) >= 11 is 0. The molecule has 0 radical (unpaired) electrons. The van der Waals surface area contributed by atoms with E-state index in [1.54, 1.807) is 26.0 Å². The minimum Gasteiger partial charge on any atom is -0.345 e. The van der Waals surface area contributed by atoms with Crippen LogP contribution in [-0.4, -0.2) is 38.7 Å². The molecule has 3 aromatic heterocycles. The number of morpholine rings is 1. The molecule has 1 aliphatic heterocycles. The monoisotopic (exact) mass is 499 g/mol. The molecule has 1 unspecified atom stereocenters. The number of rotatable bonds is 3. The topological polar surface area (TPSA) is 73.1 Å². The van der Waals surface area contributed by atoms with E-state index in [9.17, 15) is 22.4 Å². The summed E-state index contributed by atoms with van der Waals surface area (Å²) < 4.78 is 64.2. The summed E-state index contributed by atoms with van der Waals surface area (Å²) in [6, 6.07) is 7.53. The third-order valence-electron chi connectivity index (χ3n) is 6.15.